The molecule has 1 N–H and O–H groups in total. The highest BCUT2D eigenvalue weighted by Gasteiger charge is 2.23. The zero-order valence-corrected chi connectivity index (χ0v) is 15.5. The van der Waals surface area contributed by atoms with Gasteiger partial charge in [0.15, 0.2) is 0 Å². The molecule has 0 aliphatic heterocycles. The van der Waals surface area contributed by atoms with Crippen LogP contribution in [0.15, 0.2) is 18.2 Å². The first-order valence-corrected chi connectivity index (χ1v) is 8.85. The summed E-state index contributed by atoms with van der Waals surface area (Å²) >= 11 is 13.1. The summed E-state index contributed by atoms with van der Waals surface area (Å²) in [6, 6.07) is 4.94. The fraction of sp³-hybridized carbons (Fsp3) is 0.333. The summed E-state index contributed by atoms with van der Waals surface area (Å²) < 4.78 is 3.81. The lowest BCUT2D eigenvalue weighted by Crippen LogP contribution is -2.38. The highest BCUT2D eigenvalue weighted by atomic mass is 35.5. The van der Waals surface area contributed by atoms with Crippen molar-refractivity contribution in [3.8, 4) is 0 Å². The molecule has 0 bridgehead atoms. The monoisotopic (exact) mass is 386 g/mol. The molecule has 1 aromatic heterocycles. The van der Waals surface area contributed by atoms with E-state index in [2.05, 4.69) is 14.9 Å². The van der Waals surface area contributed by atoms with E-state index in [4.69, 9.17) is 23.2 Å². The smallest absolute Gasteiger partial charge is 0.267 e. The van der Waals surface area contributed by atoms with E-state index in [1.807, 2.05) is 6.92 Å². The van der Waals surface area contributed by atoms with Gasteiger partial charge in [-0.2, -0.15) is 0 Å². The van der Waals surface area contributed by atoms with E-state index in [1.165, 1.54) is 4.90 Å². The zero-order valence-electron chi connectivity index (χ0n) is 13.2. The number of carbonyl (C=O) groups is 2. The van der Waals surface area contributed by atoms with E-state index >= 15 is 0 Å². The molecule has 0 fully saturated rings. The lowest BCUT2D eigenvalue weighted by Gasteiger charge is -2.20. The van der Waals surface area contributed by atoms with Crippen LogP contribution in [0.4, 0.5) is 5.69 Å². The van der Waals surface area contributed by atoms with Crippen LogP contribution in [0, 0.1) is 0 Å². The molecular formula is C15H16Cl2N4O2S. The highest BCUT2D eigenvalue weighted by Crippen LogP contribution is 2.29. The number of hydrogen-bond donors (Lipinski definition) is 1. The number of nitrogens with one attached hydrogen (secondary N) is 1. The molecule has 24 heavy (non-hydrogen) atoms. The average Bonchev–Trinajstić information content (AvgIpc) is 3.04. The first kappa shape index (κ1) is 18.6. The summed E-state index contributed by atoms with van der Waals surface area (Å²) in [5.74, 6) is -0.638. The lowest BCUT2D eigenvalue weighted by atomic mass is 10.2. The van der Waals surface area contributed by atoms with Gasteiger partial charge >= 0.3 is 0 Å². The van der Waals surface area contributed by atoms with E-state index in [0.29, 0.717) is 39.3 Å². The topological polar surface area (TPSA) is 75.2 Å². The van der Waals surface area contributed by atoms with Gasteiger partial charge in [-0.05, 0) is 37.0 Å². The molecule has 0 radical (unpaired) electrons. The van der Waals surface area contributed by atoms with Crippen molar-refractivity contribution in [1.82, 2.24) is 14.5 Å². The van der Waals surface area contributed by atoms with Crippen LogP contribution in [-0.2, 0) is 11.2 Å². The SMILES string of the molecule is CCc1nnsc1C(=O)N(CC)CC(=O)Nc1c(Cl)cccc1Cl. The molecule has 2 rings (SSSR count). The Kier molecular flexibility index (Phi) is 6.53. The third kappa shape index (κ3) is 4.23. The molecule has 1 aromatic carbocycles. The first-order valence-electron chi connectivity index (χ1n) is 7.32. The molecule has 6 nitrogen and oxygen atoms in total. The summed E-state index contributed by atoms with van der Waals surface area (Å²) in [6.07, 6.45) is 0.608. The number of amides is 2. The van der Waals surface area contributed by atoms with Crippen LogP contribution in [0.1, 0.15) is 29.2 Å². The van der Waals surface area contributed by atoms with Crippen molar-refractivity contribution in [1.29, 1.82) is 0 Å². The summed E-state index contributed by atoms with van der Waals surface area (Å²) in [5, 5.41) is 7.25. The van der Waals surface area contributed by atoms with Gasteiger partial charge in [-0.25, -0.2) is 0 Å². The quantitative estimate of drug-likeness (QED) is 0.823. The minimum Gasteiger partial charge on any atom is -0.329 e. The van der Waals surface area contributed by atoms with Crippen molar-refractivity contribution in [3.63, 3.8) is 0 Å². The van der Waals surface area contributed by atoms with Crippen molar-refractivity contribution in [2.75, 3.05) is 18.4 Å². The minimum atomic E-state index is -0.379. The number of aromatic nitrogens is 2. The largest absolute Gasteiger partial charge is 0.329 e. The Morgan fingerprint density at radius 3 is 2.50 bits per heavy atom. The van der Waals surface area contributed by atoms with Gasteiger partial charge in [0.05, 0.1) is 21.4 Å². The molecule has 9 heteroatoms. The maximum absolute atomic E-state index is 12.6. The fourth-order valence-electron chi connectivity index (χ4n) is 2.04. The van der Waals surface area contributed by atoms with Crippen LogP contribution < -0.4 is 5.32 Å². The van der Waals surface area contributed by atoms with E-state index in [1.54, 1.807) is 25.1 Å². The molecule has 128 valence electrons. The summed E-state index contributed by atoms with van der Waals surface area (Å²) in [5.41, 5.74) is 0.973. The maximum atomic E-state index is 12.6. The highest BCUT2D eigenvalue weighted by molar-refractivity contribution is 7.08. The standard InChI is InChI=1S/C15H16Cl2N4O2S/c1-3-11-14(24-20-19-11)15(23)21(4-2)8-12(22)18-13-9(16)6-5-7-10(13)17/h5-7H,3-4,8H2,1-2H3,(H,18,22). The number of anilines is 1. The van der Waals surface area contributed by atoms with Crippen molar-refractivity contribution >= 4 is 52.2 Å². The van der Waals surface area contributed by atoms with Crippen LogP contribution in [0.3, 0.4) is 0 Å². The second-order valence-electron chi connectivity index (χ2n) is 4.87. The van der Waals surface area contributed by atoms with Gasteiger partial charge in [-0.1, -0.05) is 40.7 Å². The lowest BCUT2D eigenvalue weighted by molar-refractivity contribution is -0.116. The maximum Gasteiger partial charge on any atom is 0.267 e. The van der Waals surface area contributed by atoms with E-state index in [0.717, 1.165) is 11.5 Å². The van der Waals surface area contributed by atoms with Gasteiger partial charge < -0.3 is 10.2 Å². The predicted molar refractivity (Wildman–Crippen MR) is 96.0 cm³/mol. The Hall–Kier alpha value is -1.70. The number of para-hydroxylation sites is 1. The van der Waals surface area contributed by atoms with Gasteiger partial charge in [0, 0.05) is 6.54 Å². The summed E-state index contributed by atoms with van der Waals surface area (Å²) in [6.45, 7) is 3.96. The number of aryl methyl sites for hydroxylation is 1. The Bertz CT molecular complexity index is 731. The molecule has 0 saturated carbocycles. The van der Waals surface area contributed by atoms with Gasteiger partial charge in [0.25, 0.3) is 5.91 Å². The van der Waals surface area contributed by atoms with Crippen LogP contribution in [0.25, 0.3) is 0 Å². The number of likely N-dealkylation sites (N-methyl/N-ethyl adjacent to an activating group) is 1. The van der Waals surface area contributed by atoms with E-state index < -0.39 is 0 Å². The number of hydrogen-bond acceptors (Lipinski definition) is 5. The molecule has 0 unspecified atom stereocenters. The number of nitrogens with zero attached hydrogens (tertiary/aromatic N) is 3. The molecular weight excluding hydrogens is 371 g/mol. The number of halogens is 2. The third-order valence-corrected chi connectivity index (χ3v) is 4.70. The Morgan fingerprint density at radius 1 is 1.25 bits per heavy atom. The van der Waals surface area contributed by atoms with Crippen LogP contribution in [0.5, 0.6) is 0 Å². The molecule has 0 atom stereocenters. The molecule has 2 aromatic rings. The van der Waals surface area contributed by atoms with Gasteiger partial charge in [0.1, 0.15) is 11.4 Å². The predicted octanol–water partition coefficient (Wildman–Crippen LogP) is 3.51. The normalized spacial score (nSPS) is 10.5. The third-order valence-electron chi connectivity index (χ3n) is 3.32. The molecule has 0 aliphatic rings. The first-order chi connectivity index (χ1) is 11.5. The van der Waals surface area contributed by atoms with Gasteiger partial charge in [-0.3, -0.25) is 9.59 Å². The molecule has 2 amide bonds. The molecule has 0 aliphatic carbocycles. The second-order valence-corrected chi connectivity index (χ2v) is 6.43. The van der Waals surface area contributed by atoms with Gasteiger partial charge in [-0.15, -0.1) is 5.10 Å². The second kappa shape index (κ2) is 8.41. The number of benzene rings is 1. The van der Waals surface area contributed by atoms with E-state index in [-0.39, 0.29) is 18.4 Å². The fourth-order valence-corrected chi connectivity index (χ4v) is 3.25. The van der Waals surface area contributed by atoms with Gasteiger partial charge in [0.2, 0.25) is 5.91 Å². The average molecular weight is 387 g/mol. The van der Waals surface area contributed by atoms with Crippen LogP contribution in [-0.4, -0.2) is 39.4 Å². The van der Waals surface area contributed by atoms with Crippen LogP contribution >= 0.6 is 34.7 Å². The number of rotatable bonds is 6. The molecule has 0 saturated heterocycles. The Morgan fingerprint density at radius 2 is 1.92 bits per heavy atom. The Labute approximate surface area is 153 Å². The molecule has 0 spiro atoms. The van der Waals surface area contributed by atoms with Crippen molar-refractivity contribution in [2.24, 2.45) is 0 Å². The number of carbonyl (C=O) groups excluding carboxylic acids is 2. The van der Waals surface area contributed by atoms with E-state index in [9.17, 15) is 9.59 Å². The van der Waals surface area contributed by atoms with Crippen LogP contribution in [0.2, 0.25) is 10.0 Å². The minimum absolute atomic E-state index is 0.113. The zero-order chi connectivity index (χ0) is 17.7. The van der Waals surface area contributed by atoms with Crippen molar-refractivity contribution < 1.29 is 9.59 Å². The van der Waals surface area contributed by atoms with Crippen molar-refractivity contribution in [3.05, 3.63) is 38.8 Å². The molecule has 1 heterocycles. The summed E-state index contributed by atoms with van der Waals surface area (Å²) in [4.78, 5) is 26.7. The van der Waals surface area contributed by atoms with Crippen molar-refractivity contribution in [2.45, 2.75) is 20.3 Å². The Balaban J connectivity index is 2.10. The summed E-state index contributed by atoms with van der Waals surface area (Å²) in [7, 11) is 0.